The lowest BCUT2D eigenvalue weighted by Gasteiger charge is -2.26. The Bertz CT molecular complexity index is 63.3. The Labute approximate surface area is 72.8 Å². The summed E-state index contributed by atoms with van der Waals surface area (Å²) in [6.07, 6.45) is 2.84. The van der Waals surface area contributed by atoms with Gasteiger partial charge in [-0.05, 0) is 32.4 Å². The zero-order valence-corrected chi connectivity index (χ0v) is 7.85. The lowest BCUT2D eigenvalue weighted by atomic mass is 10.0. The van der Waals surface area contributed by atoms with Gasteiger partial charge in [0.25, 0.3) is 0 Å². The summed E-state index contributed by atoms with van der Waals surface area (Å²) in [6.45, 7) is 8.94. The molecule has 11 heavy (non-hydrogen) atoms. The molecule has 0 aromatic carbocycles. The first-order valence-corrected chi connectivity index (χ1v) is 4.47. The summed E-state index contributed by atoms with van der Waals surface area (Å²) in [5.41, 5.74) is 0. The predicted molar refractivity (Wildman–Crippen MR) is 54.0 cm³/mol. The first-order valence-electron chi connectivity index (χ1n) is 4.47. The molecule has 1 rings (SSSR count). The molecule has 0 N–H and O–H groups in total. The second kappa shape index (κ2) is 8.06. The maximum atomic E-state index is 2.41. The molecule has 0 aromatic rings. The Morgan fingerprint density at radius 2 is 1.82 bits per heavy atom. The predicted octanol–water partition coefficient (Wildman–Crippen LogP) is 3.01. The molecule has 0 saturated carbocycles. The van der Waals surface area contributed by atoms with Crippen molar-refractivity contribution in [2.24, 2.45) is 5.92 Å². The molecule has 1 fully saturated rings. The highest BCUT2D eigenvalue weighted by Crippen LogP contribution is 2.12. The summed E-state index contributed by atoms with van der Waals surface area (Å²) >= 11 is 0. The largest absolute Gasteiger partial charge is 0.306 e. The van der Waals surface area contributed by atoms with Crippen molar-refractivity contribution in [1.82, 2.24) is 4.90 Å². The fraction of sp³-hybridized carbons (Fsp3) is 1.00. The number of likely N-dealkylation sites (tertiary alicyclic amines) is 1. The Kier molecular flexibility index (Phi) is 9.92. The van der Waals surface area contributed by atoms with Crippen LogP contribution >= 0.6 is 0 Å². The number of hydrogen-bond acceptors (Lipinski definition) is 1. The molecule has 0 unspecified atom stereocenters. The van der Waals surface area contributed by atoms with Gasteiger partial charge in [-0.15, -0.1) is 0 Å². The molecule has 0 aromatic heterocycles. The van der Waals surface area contributed by atoms with Gasteiger partial charge in [0.05, 0.1) is 0 Å². The van der Waals surface area contributed by atoms with Crippen molar-refractivity contribution in [3.63, 3.8) is 0 Å². The van der Waals surface area contributed by atoms with Crippen LogP contribution in [0, 0.1) is 5.92 Å². The molecule has 0 spiro atoms. The molecule has 0 radical (unpaired) electrons. The molecule has 1 nitrogen and oxygen atoms in total. The van der Waals surface area contributed by atoms with Crippen LogP contribution in [0.25, 0.3) is 0 Å². The number of piperidine rings is 1. The first kappa shape index (κ1) is 13.5. The Balaban J connectivity index is 0. The number of rotatable bonds is 0. The summed E-state index contributed by atoms with van der Waals surface area (Å²) in [7, 11) is 2.20. The van der Waals surface area contributed by atoms with Crippen LogP contribution in [0.15, 0.2) is 0 Å². The summed E-state index contributed by atoms with van der Waals surface area (Å²) in [5, 5.41) is 0. The van der Waals surface area contributed by atoms with Crippen LogP contribution in [0.1, 0.15) is 41.0 Å². The molecular formula is C10H25N. The van der Waals surface area contributed by atoms with Crippen LogP contribution in [0.4, 0.5) is 0 Å². The highest BCUT2D eigenvalue weighted by atomic mass is 15.1. The molecule has 1 heterocycles. The van der Waals surface area contributed by atoms with Crippen LogP contribution in [0.3, 0.4) is 0 Å². The van der Waals surface area contributed by atoms with Crippen LogP contribution in [0.2, 0.25) is 0 Å². The summed E-state index contributed by atoms with van der Waals surface area (Å²) in [4.78, 5) is 2.41. The van der Waals surface area contributed by atoms with Crippen molar-refractivity contribution >= 4 is 0 Å². The average molecular weight is 159 g/mol. The summed E-state index contributed by atoms with van der Waals surface area (Å²) < 4.78 is 0. The molecule has 0 amide bonds. The smallest absolute Gasteiger partial charge is 0.000398 e. The third-order valence-electron chi connectivity index (χ3n) is 1.86. The molecule has 1 saturated heterocycles. The van der Waals surface area contributed by atoms with E-state index in [4.69, 9.17) is 0 Å². The van der Waals surface area contributed by atoms with E-state index in [0.29, 0.717) is 0 Å². The zero-order valence-electron chi connectivity index (χ0n) is 7.85. The van der Waals surface area contributed by atoms with Crippen molar-refractivity contribution in [2.45, 2.75) is 41.0 Å². The van der Waals surface area contributed by atoms with E-state index >= 15 is 0 Å². The minimum atomic E-state index is 0. The Hall–Kier alpha value is -0.0400. The topological polar surface area (TPSA) is 3.24 Å². The molecule has 1 atom stereocenters. The van der Waals surface area contributed by atoms with E-state index in [1.807, 2.05) is 13.8 Å². The van der Waals surface area contributed by atoms with E-state index < -0.39 is 0 Å². The highest BCUT2D eigenvalue weighted by molar-refractivity contribution is 4.65. The van der Waals surface area contributed by atoms with Gasteiger partial charge < -0.3 is 4.90 Å². The second-order valence-corrected chi connectivity index (χ2v) is 3.01. The van der Waals surface area contributed by atoms with Gasteiger partial charge >= 0.3 is 0 Å². The normalized spacial score (nSPS) is 24.5. The van der Waals surface area contributed by atoms with Crippen molar-refractivity contribution in [1.29, 1.82) is 0 Å². The minimum absolute atomic E-state index is 0. The molecule has 0 bridgehead atoms. The SMILES string of the molecule is C.CC.C[C@@H]1CCCN(C)C1. The van der Waals surface area contributed by atoms with Gasteiger partial charge in [-0.25, -0.2) is 0 Å². The molecule has 1 aliphatic rings. The standard InChI is InChI=1S/C7H15N.C2H6.CH4/c1-7-4-3-5-8(2)6-7;1-2;/h7H,3-6H2,1-2H3;1-2H3;1H4/t7-;;/m1../s1. The quantitative estimate of drug-likeness (QED) is 0.525. The average Bonchev–Trinajstić information content (AvgIpc) is 1.91. The van der Waals surface area contributed by atoms with Gasteiger partial charge in [0.15, 0.2) is 0 Å². The summed E-state index contributed by atoms with van der Waals surface area (Å²) in [5.74, 6) is 0.939. The van der Waals surface area contributed by atoms with E-state index in [-0.39, 0.29) is 7.43 Å². The number of hydrogen-bond donors (Lipinski definition) is 0. The van der Waals surface area contributed by atoms with E-state index in [1.54, 1.807) is 0 Å². The van der Waals surface area contributed by atoms with Crippen molar-refractivity contribution < 1.29 is 0 Å². The maximum Gasteiger partial charge on any atom is 0.000398 e. The Morgan fingerprint density at radius 1 is 1.27 bits per heavy atom. The van der Waals surface area contributed by atoms with Crippen LogP contribution in [-0.4, -0.2) is 25.0 Å². The second-order valence-electron chi connectivity index (χ2n) is 3.01. The van der Waals surface area contributed by atoms with Gasteiger partial charge in [-0.2, -0.15) is 0 Å². The first-order chi connectivity index (χ1) is 4.79. The van der Waals surface area contributed by atoms with Crippen molar-refractivity contribution in [3.8, 4) is 0 Å². The van der Waals surface area contributed by atoms with Gasteiger partial charge in [0.1, 0.15) is 0 Å². The maximum absolute atomic E-state index is 2.41. The Morgan fingerprint density at radius 3 is 2.09 bits per heavy atom. The summed E-state index contributed by atoms with van der Waals surface area (Å²) in [6, 6.07) is 0. The van der Waals surface area contributed by atoms with Crippen molar-refractivity contribution in [2.75, 3.05) is 20.1 Å². The van der Waals surface area contributed by atoms with Crippen LogP contribution in [0.5, 0.6) is 0 Å². The van der Waals surface area contributed by atoms with Gasteiger partial charge in [-0.3, -0.25) is 0 Å². The third-order valence-corrected chi connectivity index (χ3v) is 1.86. The molecule has 70 valence electrons. The highest BCUT2D eigenvalue weighted by Gasteiger charge is 2.11. The van der Waals surface area contributed by atoms with E-state index in [0.717, 1.165) is 5.92 Å². The van der Waals surface area contributed by atoms with Crippen LogP contribution < -0.4 is 0 Å². The minimum Gasteiger partial charge on any atom is -0.306 e. The van der Waals surface area contributed by atoms with E-state index in [9.17, 15) is 0 Å². The lowest BCUT2D eigenvalue weighted by Crippen LogP contribution is -2.30. The van der Waals surface area contributed by atoms with Gasteiger partial charge in [-0.1, -0.05) is 28.2 Å². The van der Waals surface area contributed by atoms with Crippen LogP contribution in [-0.2, 0) is 0 Å². The van der Waals surface area contributed by atoms with Gasteiger partial charge in [0.2, 0.25) is 0 Å². The third kappa shape index (κ3) is 6.36. The molecular weight excluding hydrogens is 134 g/mol. The van der Waals surface area contributed by atoms with E-state index in [1.165, 1.54) is 25.9 Å². The van der Waals surface area contributed by atoms with Gasteiger partial charge in [0, 0.05) is 6.54 Å². The monoisotopic (exact) mass is 159 g/mol. The molecule has 1 aliphatic heterocycles. The fourth-order valence-corrected chi connectivity index (χ4v) is 1.42. The fourth-order valence-electron chi connectivity index (χ4n) is 1.42. The van der Waals surface area contributed by atoms with E-state index in [2.05, 4.69) is 18.9 Å². The number of nitrogens with zero attached hydrogens (tertiary/aromatic N) is 1. The zero-order chi connectivity index (χ0) is 7.98. The van der Waals surface area contributed by atoms with Crippen molar-refractivity contribution in [3.05, 3.63) is 0 Å². The lowest BCUT2D eigenvalue weighted by molar-refractivity contribution is 0.221. The molecule has 1 heteroatoms. The molecule has 0 aliphatic carbocycles.